The van der Waals surface area contributed by atoms with E-state index in [4.69, 9.17) is 5.11 Å². The van der Waals surface area contributed by atoms with Gasteiger partial charge in [0.1, 0.15) is 0 Å². The lowest BCUT2D eigenvalue weighted by Crippen LogP contribution is -2.47. The summed E-state index contributed by atoms with van der Waals surface area (Å²) in [5.41, 5.74) is 0.356. The minimum Gasteiger partial charge on any atom is -0.480 e. The summed E-state index contributed by atoms with van der Waals surface area (Å²) in [7, 11) is 0. The summed E-state index contributed by atoms with van der Waals surface area (Å²) in [5, 5.41) is 20.2. The lowest BCUT2D eigenvalue weighted by Gasteiger charge is -2.16. The maximum atomic E-state index is 11.6. The van der Waals surface area contributed by atoms with Crippen LogP contribution < -0.4 is 5.32 Å². The van der Waals surface area contributed by atoms with Gasteiger partial charge in [0.05, 0.1) is 6.10 Å². The van der Waals surface area contributed by atoms with Gasteiger partial charge in [-0.1, -0.05) is 18.2 Å². The number of carboxylic acids is 1. The number of hydrogen-bond donors (Lipinski definition) is 3. The number of benzene rings is 1. The highest BCUT2D eigenvalue weighted by atomic mass is 16.4. The number of aliphatic carboxylic acids is 1. The monoisotopic (exact) mass is 223 g/mol. The Labute approximate surface area is 92.7 Å². The van der Waals surface area contributed by atoms with Gasteiger partial charge < -0.3 is 15.5 Å². The molecule has 0 aliphatic rings. The van der Waals surface area contributed by atoms with Crippen LogP contribution in [-0.4, -0.2) is 34.2 Å². The molecule has 0 aromatic heterocycles. The second-order valence-corrected chi connectivity index (χ2v) is 3.40. The maximum absolute atomic E-state index is 11.6. The highest BCUT2D eigenvalue weighted by Gasteiger charge is 2.25. The van der Waals surface area contributed by atoms with E-state index in [1.807, 2.05) is 0 Å². The zero-order valence-electron chi connectivity index (χ0n) is 8.75. The van der Waals surface area contributed by atoms with Crippen molar-refractivity contribution in [1.82, 2.24) is 5.32 Å². The van der Waals surface area contributed by atoms with E-state index in [1.165, 1.54) is 6.92 Å². The van der Waals surface area contributed by atoms with E-state index >= 15 is 0 Å². The van der Waals surface area contributed by atoms with E-state index in [-0.39, 0.29) is 0 Å². The number of carboxylic acid groups (broad SMARTS) is 1. The van der Waals surface area contributed by atoms with Crippen molar-refractivity contribution in [3.8, 4) is 0 Å². The Balaban J connectivity index is 2.74. The SMILES string of the molecule is C[C@H](O)[C@H](NC(=O)c1ccccc1)C(=O)O. The summed E-state index contributed by atoms with van der Waals surface area (Å²) in [4.78, 5) is 22.3. The zero-order chi connectivity index (χ0) is 12.1. The average Bonchev–Trinajstić information content (AvgIpc) is 2.25. The number of aliphatic hydroxyl groups is 1. The molecule has 5 heteroatoms. The van der Waals surface area contributed by atoms with E-state index in [2.05, 4.69) is 5.32 Å². The summed E-state index contributed by atoms with van der Waals surface area (Å²) in [6.45, 7) is 1.31. The van der Waals surface area contributed by atoms with Gasteiger partial charge in [-0.3, -0.25) is 4.79 Å². The molecule has 0 unspecified atom stereocenters. The van der Waals surface area contributed by atoms with E-state index in [0.717, 1.165) is 0 Å². The highest BCUT2D eigenvalue weighted by molar-refractivity contribution is 5.96. The van der Waals surface area contributed by atoms with Gasteiger partial charge in [-0.15, -0.1) is 0 Å². The van der Waals surface area contributed by atoms with Crippen LogP contribution in [-0.2, 0) is 4.79 Å². The van der Waals surface area contributed by atoms with Crippen LogP contribution in [0.4, 0.5) is 0 Å². The van der Waals surface area contributed by atoms with Gasteiger partial charge in [-0.25, -0.2) is 4.79 Å². The fourth-order valence-electron chi connectivity index (χ4n) is 1.20. The molecule has 0 spiro atoms. The third-order valence-electron chi connectivity index (χ3n) is 2.07. The third kappa shape index (κ3) is 3.06. The molecule has 0 aliphatic carbocycles. The number of rotatable bonds is 4. The number of hydrogen-bond acceptors (Lipinski definition) is 3. The summed E-state index contributed by atoms with van der Waals surface area (Å²) >= 11 is 0. The minimum absolute atomic E-state index is 0.356. The molecule has 0 heterocycles. The molecule has 0 saturated heterocycles. The minimum atomic E-state index is -1.30. The summed E-state index contributed by atoms with van der Waals surface area (Å²) < 4.78 is 0. The molecular weight excluding hydrogens is 210 g/mol. The van der Waals surface area contributed by atoms with E-state index in [0.29, 0.717) is 5.56 Å². The fourth-order valence-corrected chi connectivity index (χ4v) is 1.20. The molecule has 0 bridgehead atoms. The third-order valence-corrected chi connectivity index (χ3v) is 2.07. The van der Waals surface area contributed by atoms with Gasteiger partial charge in [0, 0.05) is 5.56 Å². The van der Waals surface area contributed by atoms with Crippen LogP contribution in [0.5, 0.6) is 0 Å². The van der Waals surface area contributed by atoms with Crippen molar-refractivity contribution in [2.24, 2.45) is 0 Å². The van der Waals surface area contributed by atoms with E-state index in [1.54, 1.807) is 30.3 Å². The van der Waals surface area contributed by atoms with Crippen molar-refractivity contribution in [3.63, 3.8) is 0 Å². The topological polar surface area (TPSA) is 86.6 Å². The molecule has 0 fully saturated rings. The molecular formula is C11H13NO4. The predicted octanol–water partition coefficient (Wildman–Crippen LogP) is 0.250. The Kier molecular flexibility index (Phi) is 4.02. The lowest BCUT2D eigenvalue weighted by molar-refractivity contribution is -0.141. The van der Waals surface area contributed by atoms with Crippen LogP contribution in [0.25, 0.3) is 0 Å². The Hall–Kier alpha value is -1.88. The maximum Gasteiger partial charge on any atom is 0.328 e. The van der Waals surface area contributed by atoms with Gasteiger partial charge in [0.15, 0.2) is 6.04 Å². The van der Waals surface area contributed by atoms with Crippen LogP contribution in [0.15, 0.2) is 30.3 Å². The molecule has 1 aromatic rings. The summed E-state index contributed by atoms with van der Waals surface area (Å²) in [6.07, 6.45) is -1.15. The highest BCUT2D eigenvalue weighted by Crippen LogP contribution is 2.00. The van der Waals surface area contributed by atoms with Crippen molar-refractivity contribution in [3.05, 3.63) is 35.9 Å². The summed E-state index contributed by atoms with van der Waals surface area (Å²) in [5.74, 6) is -1.78. The van der Waals surface area contributed by atoms with Crippen LogP contribution in [0.1, 0.15) is 17.3 Å². The number of nitrogens with one attached hydrogen (secondary N) is 1. The molecule has 1 amide bonds. The molecule has 16 heavy (non-hydrogen) atoms. The van der Waals surface area contributed by atoms with Crippen LogP contribution in [0.2, 0.25) is 0 Å². The van der Waals surface area contributed by atoms with Crippen molar-refractivity contribution in [2.75, 3.05) is 0 Å². The second kappa shape index (κ2) is 5.27. The fraction of sp³-hybridized carbons (Fsp3) is 0.273. The number of carbonyl (C=O) groups excluding carboxylic acids is 1. The second-order valence-electron chi connectivity index (χ2n) is 3.40. The van der Waals surface area contributed by atoms with Crippen molar-refractivity contribution >= 4 is 11.9 Å². The van der Waals surface area contributed by atoms with Crippen LogP contribution in [0.3, 0.4) is 0 Å². The van der Waals surface area contributed by atoms with Gasteiger partial charge >= 0.3 is 5.97 Å². The predicted molar refractivity (Wildman–Crippen MR) is 57.0 cm³/mol. The molecule has 0 aliphatic heterocycles. The lowest BCUT2D eigenvalue weighted by atomic mass is 10.1. The first-order chi connectivity index (χ1) is 7.52. The van der Waals surface area contributed by atoms with Gasteiger partial charge in [0.2, 0.25) is 0 Å². The molecule has 1 aromatic carbocycles. The first-order valence-corrected chi connectivity index (χ1v) is 4.79. The summed E-state index contributed by atoms with van der Waals surface area (Å²) in [6, 6.07) is 6.93. The first kappa shape index (κ1) is 12.2. The van der Waals surface area contributed by atoms with Crippen molar-refractivity contribution in [1.29, 1.82) is 0 Å². The molecule has 0 radical (unpaired) electrons. The molecule has 0 saturated carbocycles. The number of aliphatic hydroxyl groups excluding tert-OH is 1. The number of amides is 1. The Morgan fingerprint density at radius 1 is 1.25 bits per heavy atom. The number of carbonyl (C=O) groups is 2. The zero-order valence-corrected chi connectivity index (χ0v) is 8.75. The van der Waals surface area contributed by atoms with Gasteiger partial charge in [-0.05, 0) is 19.1 Å². The molecule has 5 nitrogen and oxygen atoms in total. The van der Waals surface area contributed by atoms with E-state index in [9.17, 15) is 14.7 Å². The van der Waals surface area contributed by atoms with Crippen LogP contribution in [0, 0.1) is 0 Å². The molecule has 2 atom stereocenters. The standard InChI is InChI=1S/C11H13NO4/c1-7(13)9(11(15)16)12-10(14)8-5-3-2-4-6-8/h2-7,9,13H,1H3,(H,12,14)(H,15,16)/t7-,9-/m0/s1. The molecule has 3 N–H and O–H groups in total. The van der Waals surface area contributed by atoms with Crippen LogP contribution >= 0.6 is 0 Å². The normalized spacial score (nSPS) is 13.9. The van der Waals surface area contributed by atoms with Crippen molar-refractivity contribution < 1.29 is 19.8 Å². The average molecular weight is 223 g/mol. The van der Waals surface area contributed by atoms with E-state index < -0.39 is 24.0 Å². The Morgan fingerprint density at radius 2 is 1.81 bits per heavy atom. The largest absolute Gasteiger partial charge is 0.480 e. The quantitative estimate of drug-likeness (QED) is 0.683. The van der Waals surface area contributed by atoms with Gasteiger partial charge in [0.25, 0.3) is 5.91 Å². The smallest absolute Gasteiger partial charge is 0.328 e. The first-order valence-electron chi connectivity index (χ1n) is 4.79. The van der Waals surface area contributed by atoms with Gasteiger partial charge in [-0.2, -0.15) is 0 Å². The van der Waals surface area contributed by atoms with Crippen molar-refractivity contribution in [2.45, 2.75) is 19.1 Å². The Morgan fingerprint density at radius 3 is 2.25 bits per heavy atom. The molecule has 1 rings (SSSR count). The molecule has 86 valence electrons. The Bertz CT molecular complexity index is 375.